The van der Waals surface area contributed by atoms with Crippen molar-refractivity contribution in [3.63, 3.8) is 0 Å². The average molecular weight is 517 g/mol. The Kier molecular flexibility index (Phi) is 11.3. The van der Waals surface area contributed by atoms with Crippen LogP contribution in [0.3, 0.4) is 0 Å². The van der Waals surface area contributed by atoms with Crippen LogP contribution in [0, 0.1) is 5.41 Å². The van der Waals surface area contributed by atoms with Crippen LogP contribution in [-0.2, 0) is 4.79 Å². The molecule has 1 aliphatic rings. The monoisotopic (exact) mass is 517 g/mol. The molecule has 1 aromatic carbocycles. The zero-order valence-electron chi connectivity index (χ0n) is 18.1. The lowest BCUT2D eigenvalue weighted by atomic mass is 9.96. The van der Waals surface area contributed by atoms with Gasteiger partial charge in [-0.3, -0.25) is 14.7 Å². The van der Waals surface area contributed by atoms with Crippen LogP contribution < -0.4 is 15.4 Å². The van der Waals surface area contributed by atoms with E-state index in [4.69, 9.17) is 4.74 Å². The fourth-order valence-electron chi connectivity index (χ4n) is 2.94. The van der Waals surface area contributed by atoms with Crippen molar-refractivity contribution in [1.29, 1.82) is 0 Å². The van der Waals surface area contributed by atoms with E-state index in [1.165, 1.54) is 0 Å². The number of halogens is 1. The molecule has 2 rings (SSSR count). The Balaban J connectivity index is 0.00000420. The van der Waals surface area contributed by atoms with Gasteiger partial charge in [0.2, 0.25) is 5.91 Å². The van der Waals surface area contributed by atoms with Crippen molar-refractivity contribution < 1.29 is 9.53 Å². The Morgan fingerprint density at radius 1 is 1.07 bits per heavy atom. The van der Waals surface area contributed by atoms with Gasteiger partial charge in [-0.1, -0.05) is 39.0 Å². The molecule has 0 bridgehead atoms. The zero-order chi connectivity index (χ0) is 20.4. The summed E-state index contributed by atoms with van der Waals surface area (Å²) >= 11 is 0. The molecule has 0 atom stereocenters. The van der Waals surface area contributed by atoms with Gasteiger partial charge in [-0.15, -0.1) is 24.0 Å². The van der Waals surface area contributed by atoms with E-state index in [0.717, 1.165) is 44.4 Å². The Morgan fingerprint density at radius 2 is 1.69 bits per heavy atom. The highest BCUT2D eigenvalue weighted by molar-refractivity contribution is 14.0. The highest BCUT2D eigenvalue weighted by Gasteiger charge is 2.21. The van der Waals surface area contributed by atoms with Gasteiger partial charge in [-0.05, 0) is 12.1 Å². The van der Waals surface area contributed by atoms with Crippen molar-refractivity contribution in [3.8, 4) is 5.75 Å². The summed E-state index contributed by atoms with van der Waals surface area (Å²) in [5, 5.41) is 6.30. The van der Waals surface area contributed by atoms with Crippen molar-refractivity contribution in [1.82, 2.24) is 20.4 Å². The van der Waals surface area contributed by atoms with Gasteiger partial charge in [0.05, 0.1) is 0 Å². The maximum Gasteiger partial charge on any atom is 0.225 e. The van der Waals surface area contributed by atoms with Gasteiger partial charge in [0.1, 0.15) is 12.4 Å². The Morgan fingerprint density at radius 3 is 2.28 bits per heavy atom. The second kappa shape index (κ2) is 12.9. The molecule has 0 saturated carbocycles. The third-order valence-electron chi connectivity index (χ3n) is 4.68. The zero-order valence-corrected chi connectivity index (χ0v) is 20.4. The van der Waals surface area contributed by atoms with Crippen molar-refractivity contribution in [2.75, 3.05) is 59.5 Å². The van der Waals surface area contributed by atoms with E-state index >= 15 is 0 Å². The highest BCUT2D eigenvalue weighted by Crippen LogP contribution is 2.12. The number of piperazine rings is 1. The normalized spacial score (nSPS) is 15.4. The second-order valence-electron chi connectivity index (χ2n) is 7.97. The summed E-state index contributed by atoms with van der Waals surface area (Å²) in [5.41, 5.74) is -0.359. The lowest BCUT2D eigenvalue weighted by Gasteiger charge is -2.36. The van der Waals surface area contributed by atoms with E-state index in [9.17, 15) is 4.79 Å². The van der Waals surface area contributed by atoms with Crippen LogP contribution in [0.1, 0.15) is 20.8 Å². The van der Waals surface area contributed by atoms with Gasteiger partial charge < -0.3 is 20.3 Å². The maximum atomic E-state index is 11.9. The third kappa shape index (κ3) is 9.20. The van der Waals surface area contributed by atoms with Crippen LogP contribution in [0.25, 0.3) is 0 Å². The molecule has 0 aromatic heterocycles. The van der Waals surface area contributed by atoms with E-state index in [0.29, 0.717) is 19.7 Å². The summed E-state index contributed by atoms with van der Waals surface area (Å²) in [4.78, 5) is 21.0. The molecule has 0 unspecified atom stereocenters. The summed E-state index contributed by atoms with van der Waals surface area (Å²) < 4.78 is 5.79. The number of nitrogens with one attached hydrogen (secondary N) is 2. The van der Waals surface area contributed by atoms with E-state index in [-0.39, 0.29) is 35.3 Å². The van der Waals surface area contributed by atoms with E-state index in [2.05, 4.69) is 25.4 Å². The molecule has 8 heteroatoms. The number of hydrogen-bond donors (Lipinski definition) is 2. The van der Waals surface area contributed by atoms with Crippen LogP contribution in [0.5, 0.6) is 5.75 Å². The minimum atomic E-state index is -0.359. The molecule has 1 saturated heterocycles. The largest absolute Gasteiger partial charge is 0.492 e. The first kappa shape index (κ1) is 25.5. The Hall–Kier alpha value is -1.55. The first-order valence-corrected chi connectivity index (χ1v) is 10.0. The van der Waals surface area contributed by atoms with Crippen molar-refractivity contribution >= 4 is 35.8 Å². The standard InChI is InChI=1S/C21H35N5O2.HI/c1-21(2,3)19(27)23-10-11-24-20(22-4)26-14-12-25(13-15-26)16-17-28-18-8-6-5-7-9-18;/h5-9H,10-17H2,1-4H3,(H,22,24)(H,23,27);1H. The summed E-state index contributed by atoms with van der Waals surface area (Å²) in [6.07, 6.45) is 0. The van der Waals surface area contributed by atoms with Gasteiger partial charge in [0.25, 0.3) is 0 Å². The van der Waals surface area contributed by atoms with Crippen LogP contribution in [0.15, 0.2) is 35.3 Å². The molecule has 1 fully saturated rings. The molecule has 29 heavy (non-hydrogen) atoms. The molecule has 0 aliphatic carbocycles. The SMILES string of the molecule is CN=C(NCCNC(=O)C(C)(C)C)N1CCN(CCOc2ccccc2)CC1.I. The van der Waals surface area contributed by atoms with Gasteiger partial charge in [0.15, 0.2) is 5.96 Å². The topological polar surface area (TPSA) is 69.2 Å². The van der Waals surface area contributed by atoms with Crippen molar-refractivity contribution in [2.45, 2.75) is 20.8 Å². The fraction of sp³-hybridized carbons (Fsp3) is 0.619. The summed E-state index contributed by atoms with van der Waals surface area (Å²) in [6.45, 7) is 12.5. The number of amides is 1. The summed E-state index contributed by atoms with van der Waals surface area (Å²) in [6, 6.07) is 9.93. The summed E-state index contributed by atoms with van der Waals surface area (Å²) in [5.74, 6) is 1.88. The number of nitrogens with zero attached hydrogens (tertiary/aromatic N) is 3. The first-order chi connectivity index (χ1) is 13.4. The predicted octanol–water partition coefficient (Wildman–Crippen LogP) is 2.04. The number of ether oxygens (including phenoxy) is 1. The van der Waals surface area contributed by atoms with Crippen molar-refractivity contribution in [3.05, 3.63) is 30.3 Å². The number of aliphatic imine (C=N–C) groups is 1. The number of hydrogen-bond acceptors (Lipinski definition) is 4. The molecular formula is C21H36IN5O2. The number of rotatable bonds is 7. The molecular weight excluding hydrogens is 481 g/mol. The number of carbonyl (C=O) groups excluding carboxylic acids is 1. The highest BCUT2D eigenvalue weighted by atomic mass is 127. The molecule has 1 aromatic rings. The van der Waals surface area contributed by atoms with E-state index in [1.807, 2.05) is 51.1 Å². The van der Waals surface area contributed by atoms with E-state index < -0.39 is 0 Å². The smallest absolute Gasteiger partial charge is 0.225 e. The lowest BCUT2D eigenvalue weighted by molar-refractivity contribution is -0.128. The quantitative estimate of drug-likeness (QED) is 0.251. The number of guanidine groups is 1. The lowest BCUT2D eigenvalue weighted by Crippen LogP contribution is -2.53. The Bertz CT molecular complexity index is 626. The van der Waals surface area contributed by atoms with E-state index in [1.54, 1.807) is 7.05 Å². The molecule has 1 heterocycles. The minimum Gasteiger partial charge on any atom is -0.492 e. The molecule has 164 valence electrons. The molecule has 2 N–H and O–H groups in total. The third-order valence-corrected chi connectivity index (χ3v) is 4.68. The molecule has 7 nitrogen and oxygen atoms in total. The van der Waals surface area contributed by atoms with Crippen LogP contribution in [-0.4, -0.2) is 81.1 Å². The molecule has 1 aliphatic heterocycles. The molecule has 1 amide bonds. The van der Waals surface area contributed by atoms with Gasteiger partial charge in [0, 0.05) is 58.3 Å². The first-order valence-electron chi connectivity index (χ1n) is 10.0. The number of benzene rings is 1. The molecule has 0 spiro atoms. The Labute approximate surface area is 192 Å². The predicted molar refractivity (Wildman–Crippen MR) is 129 cm³/mol. The van der Waals surface area contributed by atoms with Crippen LogP contribution >= 0.6 is 24.0 Å². The fourth-order valence-corrected chi connectivity index (χ4v) is 2.94. The van der Waals surface area contributed by atoms with Crippen LogP contribution in [0.2, 0.25) is 0 Å². The maximum absolute atomic E-state index is 11.9. The summed E-state index contributed by atoms with van der Waals surface area (Å²) in [7, 11) is 1.80. The number of carbonyl (C=O) groups is 1. The van der Waals surface area contributed by atoms with Gasteiger partial charge >= 0.3 is 0 Å². The van der Waals surface area contributed by atoms with Crippen LogP contribution in [0.4, 0.5) is 0 Å². The molecule has 0 radical (unpaired) electrons. The van der Waals surface area contributed by atoms with Gasteiger partial charge in [-0.2, -0.15) is 0 Å². The minimum absolute atomic E-state index is 0. The second-order valence-corrected chi connectivity index (χ2v) is 7.97. The number of para-hydroxylation sites is 1. The van der Waals surface area contributed by atoms with Crippen molar-refractivity contribution in [2.24, 2.45) is 10.4 Å². The average Bonchev–Trinajstić information content (AvgIpc) is 2.69. The van der Waals surface area contributed by atoms with Gasteiger partial charge in [-0.25, -0.2) is 0 Å².